The fraction of sp³-hybridized carbons (Fsp3) is 0.846. The van der Waals surface area contributed by atoms with Gasteiger partial charge < -0.3 is 0 Å². The minimum atomic E-state index is 0.807. The molecule has 0 aliphatic heterocycles. The van der Waals surface area contributed by atoms with Gasteiger partial charge in [0.05, 0.1) is 0 Å². The van der Waals surface area contributed by atoms with E-state index in [-0.39, 0.29) is 0 Å². The van der Waals surface area contributed by atoms with Crippen molar-refractivity contribution in [2.24, 2.45) is 5.92 Å². The fourth-order valence-corrected chi connectivity index (χ4v) is 1.83. The lowest BCUT2D eigenvalue weighted by Gasteiger charge is -2.17. The second kappa shape index (κ2) is 8.34. The van der Waals surface area contributed by atoms with Gasteiger partial charge in [-0.3, -0.25) is 0 Å². The summed E-state index contributed by atoms with van der Waals surface area (Å²) >= 11 is 0. The first kappa shape index (κ1) is 12.7. The van der Waals surface area contributed by atoms with Crippen LogP contribution in [0.3, 0.4) is 0 Å². The van der Waals surface area contributed by atoms with Gasteiger partial charge in [0.2, 0.25) is 0 Å². The molecule has 0 fully saturated rings. The van der Waals surface area contributed by atoms with Gasteiger partial charge in [-0.2, -0.15) is 0 Å². The van der Waals surface area contributed by atoms with Crippen molar-refractivity contribution in [1.29, 1.82) is 0 Å². The van der Waals surface area contributed by atoms with Crippen LogP contribution in [0, 0.1) is 5.92 Å². The highest BCUT2D eigenvalue weighted by molar-refractivity contribution is 4.99. The van der Waals surface area contributed by atoms with E-state index in [0.717, 1.165) is 12.3 Å². The first-order chi connectivity index (χ1) is 6.26. The zero-order valence-corrected chi connectivity index (χ0v) is 9.73. The second-order valence-electron chi connectivity index (χ2n) is 3.99. The Kier molecular flexibility index (Phi) is 8.18. The summed E-state index contributed by atoms with van der Waals surface area (Å²) in [4.78, 5) is 0. The molecule has 0 amide bonds. The van der Waals surface area contributed by atoms with Crippen LogP contribution in [0.25, 0.3) is 0 Å². The number of rotatable bonds is 8. The molecule has 0 N–H and O–H groups in total. The summed E-state index contributed by atoms with van der Waals surface area (Å²) in [5.41, 5.74) is 1.47. The summed E-state index contributed by atoms with van der Waals surface area (Å²) in [6.07, 6.45) is 9.28. The number of unbranched alkanes of at least 4 members (excludes halogenated alkanes) is 2. The second-order valence-corrected chi connectivity index (χ2v) is 3.99. The average molecular weight is 182 g/mol. The van der Waals surface area contributed by atoms with E-state index in [0.29, 0.717) is 0 Å². The van der Waals surface area contributed by atoms with Gasteiger partial charge in [0.15, 0.2) is 0 Å². The van der Waals surface area contributed by atoms with Crippen LogP contribution in [0.2, 0.25) is 0 Å². The Morgan fingerprint density at radius 1 is 1.00 bits per heavy atom. The number of hydrogen-bond donors (Lipinski definition) is 0. The molecule has 1 atom stereocenters. The van der Waals surface area contributed by atoms with Gasteiger partial charge in [0.1, 0.15) is 0 Å². The standard InChI is InChI=1S/C13H26/c1-5-8-9-11-13(10-6-2)12(4)7-3/h13H,4-11H2,1-3H3. The SMILES string of the molecule is C=C(CC)C(CCC)CCCCC. The molecule has 0 radical (unpaired) electrons. The van der Waals surface area contributed by atoms with Gasteiger partial charge in [0.25, 0.3) is 0 Å². The molecule has 0 aliphatic carbocycles. The highest BCUT2D eigenvalue weighted by Crippen LogP contribution is 2.24. The molecule has 0 aromatic carbocycles. The quantitative estimate of drug-likeness (QED) is 0.368. The molecule has 0 saturated heterocycles. The van der Waals surface area contributed by atoms with Crippen molar-refractivity contribution in [1.82, 2.24) is 0 Å². The van der Waals surface area contributed by atoms with Crippen molar-refractivity contribution in [3.05, 3.63) is 12.2 Å². The zero-order chi connectivity index (χ0) is 10.1. The Morgan fingerprint density at radius 2 is 1.69 bits per heavy atom. The maximum Gasteiger partial charge on any atom is -0.0206 e. The Balaban J connectivity index is 3.73. The molecule has 78 valence electrons. The van der Waals surface area contributed by atoms with Crippen molar-refractivity contribution in [2.75, 3.05) is 0 Å². The Labute approximate surface area is 84.4 Å². The van der Waals surface area contributed by atoms with E-state index in [4.69, 9.17) is 0 Å². The van der Waals surface area contributed by atoms with Crippen LogP contribution in [0.15, 0.2) is 12.2 Å². The molecule has 0 bridgehead atoms. The number of allylic oxidation sites excluding steroid dienone is 1. The van der Waals surface area contributed by atoms with Crippen LogP contribution in [0.4, 0.5) is 0 Å². The average Bonchev–Trinajstić information content (AvgIpc) is 2.16. The van der Waals surface area contributed by atoms with E-state index < -0.39 is 0 Å². The molecule has 0 aromatic heterocycles. The lowest BCUT2D eigenvalue weighted by atomic mass is 9.89. The Hall–Kier alpha value is -0.260. The minimum absolute atomic E-state index is 0.807. The van der Waals surface area contributed by atoms with E-state index >= 15 is 0 Å². The molecule has 0 nitrogen and oxygen atoms in total. The third kappa shape index (κ3) is 5.90. The largest absolute Gasteiger partial charge is 0.0996 e. The van der Waals surface area contributed by atoms with Crippen LogP contribution in [0.1, 0.15) is 65.7 Å². The van der Waals surface area contributed by atoms with Gasteiger partial charge in [-0.15, -0.1) is 0 Å². The third-order valence-corrected chi connectivity index (χ3v) is 2.82. The van der Waals surface area contributed by atoms with Crippen molar-refractivity contribution >= 4 is 0 Å². The Bertz CT molecular complexity index is 124. The maximum atomic E-state index is 4.17. The van der Waals surface area contributed by atoms with Crippen molar-refractivity contribution < 1.29 is 0 Å². The predicted molar refractivity (Wildman–Crippen MR) is 62.0 cm³/mol. The normalized spacial score (nSPS) is 12.8. The van der Waals surface area contributed by atoms with Crippen LogP contribution >= 0.6 is 0 Å². The molecule has 13 heavy (non-hydrogen) atoms. The Morgan fingerprint density at radius 3 is 2.15 bits per heavy atom. The van der Waals surface area contributed by atoms with E-state index in [1.165, 1.54) is 44.1 Å². The molecule has 0 heteroatoms. The van der Waals surface area contributed by atoms with Gasteiger partial charge in [-0.25, -0.2) is 0 Å². The van der Waals surface area contributed by atoms with Gasteiger partial charge >= 0.3 is 0 Å². The first-order valence-electron chi connectivity index (χ1n) is 5.93. The predicted octanol–water partition coefficient (Wildman–Crippen LogP) is 4.95. The van der Waals surface area contributed by atoms with Crippen LogP contribution in [-0.2, 0) is 0 Å². The molecule has 0 heterocycles. The van der Waals surface area contributed by atoms with E-state index in [1.54, 1.807) is 0 Å². The smallest absolute Gasteiger partial charge is 0.0206 e. The minimum Gasteiger partial charge on any atom is -0.0996 e. The van der Waals surface area contributed by atoms with Gasteiger partial charge in [-0.05, 0) is 25.2 Å². The summed E-state index contributed by atoms with van der Waals surface area (Å²) in [6, 6.07) is 0. The van der Waals surface area contributed by atoms with Crippen LogP contribution in [-0.4, -0.2) is 0 Å². The topological polar surface area (TPSA) is 0 Å². The van der Waals surface area contributed by atoms with E-state index in [1.807, 2.05) is 0 Å². The maximum absolute atomic E-state index is 4.17. The summed E-state index contributed by atoms with van der Waals surface area (Å²) in [6.45, 7) is 10.9. The van der Waals surface area contributed by atoms with Crippen molar-refractivity contribution in [2.45, 2.75) is 65.7 Å². The lowest BCUT2D eigenvalue weighted by molar-refractivity contribution is 0.472. The summed E-state index contributed by atoms with van der Waals surface area (Å²) < 4.78 is 0. The first-order valence-corrected chi connectivity index (χ1v) is 5.93. The summed E-state index contributed by atoms with van der Waals surface area (Å²) in [5.74, 6) is 0.807. The highest BCUT2D eigenvalue weighted by Gasteiger charge is 2.09. The van der Waals surface area contributed by atoms with Crippen LogP contribution in [0.5, 0.6) is 0 Å². The molecule has 0 aliphatic rings. The van der Waals surface area contributed by atoms with Crippen molar-refractivity contribution in [3.63, 3.8) is 0 Å². The van der Waals surface area contributed by atoms with E-state index in [2.05, 4.69) is 27.4 Å². The molecule has 0 saturated carbocycles. The monoisotopic (exact) mass is 182 g/mol. The molecular weight excluding hydrogens is 156 g/mol. The van der Waals surface area contributed by atoms with Crippen molar-refractivity contribution in [3.8, 4) is 0 Å². The molecule has 0 spiro atoms. The molecule has 0 aromatic rings. The highest BCUT2D eigenvalue weighted by atomic mass is 14.1. The molecule has 1 unspecified atom stereocenters. The molecule has 0 rings (SSSR count). The van der Waals surface area contributed by atoms with Crippen LogP contribution < -0.4 is 0 Å². The summed E-state index contributed by atoms with van der Waals surface area (Å²) in [5, 5.41) is 0. The summed E-state index contributed by atoms with van der Waals surface area (Å²) in [7, 11) is 0. The molecular formula is C13H26. The van der Waals surface area contributed by atoms with E-state index in [9.17, 15) is 0 Å². The third-order valence-electron chi connectivity index (χ3n) is 2.82. The fourth-order valence-electron chi connectivity index (χ4n) is 1.83. The van der Waals surface area contributed by atoms with Gasteiger partial charge in [0, 0.05) is 0 Å². The zero-order valence-electron chi connectivity index (χ0n) is 9.73. The lowest BCUT2D eigenvalue weighted by Crippen LogP contribution is -2.02. The van der Waals surface area contributed by atoms with Gasteiger partial charge in [-0.1, -0.05) is 58.6 Å². The number of hydrogen-bond acceptors (Lipinski definition) is 0.